The number of carbonyl (C=O) groups is 1. The Kier molecular flexibility index (Phi) is 7.07. The lowest BCUT2D eigenvalue weighted by Gasteiger charge is -2.13. The van der Waals surface area contributed by atoms with Gasteiger partial charge in [0.1, 0.15) is 29.1 Å². The average Bonchev–Trinajstić information content (AvgIpc) is 3.48. The molecular weight excluding hydrogens is 460 g/mol. The van der Waals surface area contributed by atoms with Gasteiger partial charge in [0, 0.05) is 12.0 Å². The normalized spacial score (nSPS) is 10.9. The van der Waals surface area contributed by atoms with Crippen molar-refractivity contribution in [2.75, 3.05) is 7.11 Å². The molecule has 0 unspecified atom stereocenters. The number of aryl methyl sites for hydroxylation is 1. The third kappa shape index (κ3) is 4.86. The van der Waals surface area contributed by atoms with Gasteiger partial charge in [-0.15, -0.1) is 10.2 Å². The first kappa shape index (κ1) is 23.2. The molecule has 2 heterocycles. The van der Waals surface area contributed by atoms with Crippen LogP contribution in [0.3, 0.4) is 0 Å². The van der Waals surface area contributed by atoms with Gasteiger partial charge in [0.2, 0.25) is 5.82 Å². The first-order valence-electron chi connectivity index (χ1n) is 10.6. The second-order valence-electron chi connectivity index (χ2n) is 7.47. The topological polar surface area (TPSA) is 128 Å². The molecule has 0 atom stereocenters. The SMILES string of the molecule is CCCc1nc(C(=O)O)c(Cl)n1Cc1ccc(OCc2cccc(-c3nn[nH]n3)c2OC)cc1. The summed E-state index contributed by atoms with van der Waals surface area (Å²) in [4.78, 5) is 15.6. The monoisotopic (exact) mass is 482 g/mol. The highest BCUT2D eigenvalue weighted by Crippen LogP contribution is 2.31. The van der Waals surface area contributed by atoms with Crippen molar-refractivity contribution in [3.8, 4) is 22.9 Å². The smallest absolute Gasteiger partial charge is 0.357 e. The first-order chi connectivity index (χ1) is 16.5. The molecule has 2 aromatic carbocycles. The molecule has 4 rings (SSSR count). The van der Waals surface area contributed by atoms with E-state index in [1.165, 1.54) is 0 Å². The Morgan fingerprint density at radius 3 is 2.65 bits per heavy atom. The summed E-state index contributed by atoms with van der Waals surface area (Å²) in [5, 5.41) is 23.5. The maximum absolute atomic E-state index is 11.4. The van der Waals surface area contributed by atoms with Gasteiger partial charge >= 0.3 is 5.97 Å². The van der Waals surface area contributed by atoms with Gasteiger partial charge in [-0.3, -0.25) is 0 Å². The quantitative estimate of drug-likeness (QED) is 0.347. The molecule has 0 aliphatic heterocycles. The zero-order valence-electron chi connectivity index (χ0n) is 18.7. The van der Waals surface area contributed by atoms with E-state index in [1.807, 2.05) is 49.4 Å². The van der Waals surface area contributed by atoms with Crippen LogP contribution in [0.5, 0.6) is 11.5 Å². The van der Waals surface area contributed by atoms with E-state index in [2.05, 4.69) is 25.6 Å². The predicted molar refractivity (Wildman–Crippen MR) is 124 cm³/mol. The van der Waals surface area contributed by atoms with Crippen LogP contribution in [0.2, 0.25) is 5.15 Å². The summed E-state index contributed by atoms with van der Waals surface area (Å²) in [5.74, 6) is 1.25. The molecule has 0 saturated heterocycles. The molecule has 0 radical (unpaired) electrons. The number of imidazole rings is 1. The highest BCUT2D eigenvalue weighted by molar-refractivity contribution is 6.32. The van der Waals surface area contributed by atoms with E-state index in [4.69, 9.17) is 21.1 Å². The van der Waals surface area contributed by atoms with E-state index < -0.39 is 5.97 Å². The number of methoxy groups -OCH3 is 1. The van der Waals surface area contributed by atoms with Crippen molar-refractivity contribution in [1.29, 1.82) is 0 Å². The molecule has 34 heavy (non-hydrogen) atoms. The minimum Gasteiger partial charge on any atom is -0.496 e. The van der Waals surface area contributed by atoms with E-state index >= 15 is 0 Å². The summed E-state index contributed by atoms with van der Waals surface area (Å²) >= 11 is 6.31. The zero-order valence-corrected chi connectivity index (χ0v) is 19.4. The Hall–Kier alpha value is -3.92. The number of nitrogens with one attached hydrogen (secondary N) is 1. The van der Waals surface area contributed by atoms with Crippen molar-refractivity contribution < 1.29 is 19.4 Å². The second kappa shape index (κ2) is 10.3. The summed E-state index contributed by atoms with van der Waals surface area (Å²) in [6.07, 6.45) is 1.47. The summed E-state index contributed by atoms with van der Waals surface area (Å²) in [6, 6.07) is 13.2. The molecule has 10 nitrogen and oxygen atoms in total. The van der Waals surface area contributed by atoms with Gasteiger partial charge in [-0.2, -0.15) is 5.21 Å². The number of aromatic carboxylic acids is 1. The molecule has 0 bridgehead atoms. The summed E-state index contributed by atoms with van der Waals surface area (Å²) in [7, 11) is 1.58. The maximum Gasteiger partial charge on any atom is 0.357 e. The lowest BCUT2D eigenvalue weighted by Crippen LogP contribution is -2.06. The number of H-pyrrole nitrogens is 1. The highest BCUT2D eigenvalue weighted by atomic mass is 35.5. The molecule has 2 aromatic heterocycles. The van der Waals surface area contributed by atoms with Crippen molar-refractivity contribution in [3.05, 3.63) is 70.3 Å². The molecule has 0 amide bonds. The Morgan fingerprint density at radius 2 is 2.00 bits per heavy atom. The Morgan fingerprint density at radius 1 is 1.21 bits per heavy atom. The average molecular weight is 483 g/mol. The molecule has 0 saturated carbocycles. The van der Waals surface area contributed by atoms with Crippen LogP contribution in [0, 0.1) is 0 Å². The lowest BCUT2D eigenvalue weighted by atomic mass is 10.1. The number of hydrogen-bond donors (Lipinski definition) is 2. The third-order valence-corrected chi connectivity index (χ3v) is 5.59. The first-order valence-corrected chi connectivity index (χ1v) is 11.0. The summed E-state index contributed by atoms with van der Waals surface area (Å²) in [5.41, 5.74) is 2.37. The van der Waals surface area contributed by atoms with Crippen LogP contribution in [0.25, 0.3) is 11.4 Å². The van der Waals surface area contributed by atoms with Crippen LogP contribution in [0.4, 0.5) is 0 Å². The van der Waals surface area contributed by atoms with Crippen LogP contribution < -0.4 is 9.47 Å². The number of hydrogen-bond acceptors (Lipinski definition) is 7. The number of benzene rings is 2. The second-order valence-corrected chi connectivity index (χ2v) is 7.83. The van der Waals surface area contributed by atoms with E-state index in [9.17, 15) is 9.90 Å². The fourth-order valence-corrected chi connectivity index (χ4v) is 3.89. The molecule has 0 fully saturated rings. The molecule has 0 aliphatic carbocycles. The molecule has 176 valence electrons. The Bertz CT molecular complexity index is 1270. The van der Waals surface area contributed by atoms with Gasteiger partial charge in [0.25, 0.3) is 0 Å². The molecular formula is C23H23ClN6O4. The van der Waals surface area contributed by atoms with Gasteiger partial charge < -0.3 is 19.1 Å². The predicted octanol–water partition coefficient (Wildman–Crippen LogP) is 4.00. The number of nitrogens with zero attached hydrogens (tertiary/aromatic N) is 5. The molecule has 0 aliphatic rings. The number of carboxylic acids is 1. The number of halogens is 1. The number of aromatic nitrogens is 6. The third-order valence-electron chi connectivity index (χ3n) is 5.21. The van der Waals surface area contributed by atoms with Gasteiger partial charge in [0.05, 0.1) is 19.2 Å². The molecule has 2 N–H and O–H groups in total. The fraction of sp³-hybridized carbons (Fsp3) is 0.261. The van der Waals surface area contributed by atoms with Gasteiger partial charge in [0.15, 0.2) is 5.69 Å². The Labute approximate surface area is 200 Å². The summed E-state index contributed by atoms with van der Waals surface area (Å²) < 4.78 is 13.3. The van der Waals surface area contributed by atoms with Crippen LogP contribution in [0.15, 0.2) is 42.5 Å². The van der Waals surface area contributed by atoms with Crippen molar-refractivity contribution in [1.82, 2.24) is 30.2 Å². The largest absolute Gasteiger partial charge is 0.496 e. The minimum atomic E-state index is -1.14. The number of tetrazole rings is 1. The molecule has 11 heteroatoms. The van der Waals surface area contributed by atoms with Crippen LogP contribution in [-0.2, 0) is 19.6 Å². The number of aromatic amines is 1. The number of para-hydroxylation sites is 1. The Balaban J connectivity index is 1.48. The van der Waals surface area contributed by atoms with Crippen LogP contribution >= 0.6 is 11.6 Å². The van der Waals surface area contributed by atoms with Gasteiger partial charge in [-0.05, 0) is 35.4 Å². The van der Waals surface area contributed by atoms with Crippen molar-refractivity contribution in [2.45, 2.75) is 32.9 Å². The van der Waals surface area contributed by atoms with Crippen LogP contribution in [0.1, 0.15) is 40.8 Å². The van der Waals surface area contributed by atoms with E-state index in [0.717, 1.165) is 17.5 Å². The van der Waals surface area contributed by atoms with Gasteiger partial charge in [-0.25, -0.2) is 9.78 Å². The van der Waals surface area contributed by atoms with E-state index in [-0.39, 0.29) is 17.5 Å². The summed E-state index contributed by atoms with van der Waals surface area (Å²) in [6.45, 7) is 2.70. The number of carboxylic acid groups (broad SMARTS) is 1. The lowest BCUT2D eigenvalue weighted by molar-refractivity contribution is 0.0691. The van der Waals surface area contributed by atoms with E-state index in [0.29, 0.717) is 41.7 Å². The van der Waals surface area contributed by atoms with Crippen molar-refractivity contribution in [3.63, 3.8) is 0 Å². The van der Waals surface area contributed by atoms with Crippen molar-refractivity contribution >= 4 is 17.6 Å². The number of ether oxygens (including phenoxy) is 2. The zero-order chi connectivity index (χ0) is 24.1. The highest BCUT2D eigenvalue weighted by Gasteiger charge is 2.20. The maximum atomic E-state index is 11.4. The molecule has 0 spiro atoms. The van der Waals surface area contributed by atoms with Gasteiger partial charge in [-0.1, -0.05) is 42.8 Å². The fourth-order valence-electron chi connectivity index (χ4n) is 3.61. The number of rotatable bonds is 10. The minimum absolute atomic E-state index is 0.123. The molecule has 4 aromatic rings. The van der Waals surface area contributed by atoms with E-state index in [1.54, 1.807) is 11.7 Å². The van der Waals surface area contributed by atoms with Crippen molar-refractivity contribution in [2.24, 2.45) is 0 Å². The standard InChI is InChI=1S/C23H23ClN6O4/c1-3-5-18-25-19(23(31)32)21(24)30(18)12-14-8-10-16(11-9-14)34-13-15-6-4-7-17(20(15)33-2)22-26-28-29-27-22/h4,6-11H,3,5,12-13H2,1-2H3,(H,31,32)(H,26,27,28,29). The van der Waals surface area contributed by atoms with Crippen LogP contribution in [-0.4, -0.2) is 48.4 Å².